The molecule has 1 aromatic rings. The Morgan fingerprint density at radius 1 is 1.17 bits per heavy atom. The Morgan fingerprint density at radius 3 is 2.46 bits per heavy atom. The molecule has 1 heterocycles. The van der Waals surface area contributed by atoms with Gasteiger partial charge >= 0.3 is 5.97 Å². The summed E-state index contributed by atoms with van der Waals surface area (Å²) in [6.45, 7) is 1.20. The molecule has 0 bridgehead atoms. The topological polar surface area (TPSA) is 60.9 Å². The van der Waals surface area contributed by atoms with Crippen molar-refractivity contribution in [1.82, 2.24) is 9.80 Å². The van der Waals surface area contributed by atoms with Gasteiger partial charge < -0.3 is 10.0 Å². The second-order valence-corrected chi connectivity index (χ2v) is 7.11. The average Bonchev–Trinajstić information content (AvgIpc) is 3.25. The van der Waals surface area contributed by atoms with E-state index in [1.807, 2.05) is 37.4 Å². The molecule has 0 aromatic heterocycles. The number of nitrogens with zero attached hydrogens (tertiary/aromatic N) is 2. The molecule has 2 atom stereocenters. The highest BCUT2D eigenvalue weighted by molar-refractivity contribution is 5.81. The Kier molecular flexibility index (Phi) is 5.19. The molecule has 1 aliphatic heterocycles. The van der Waals surface area contributed by atoms with Gasteiger partial charge in [-0.1, -0.05) is 43.2 Å². The van der Waals surface area contributed by atoms with Crippen LogP contribution >= 0.6 is 0 Å². The second kappa shape index (κ2) is 7.34. The first-order valence-corrected chi connectivity index (χ1v) is 8.82. The fourth-order valence-electron chi connectivity index (χ4n) is 4.08. The van der Waals surface area contributed by atoms with Crippen molar-refractivity contribution in [2.24, 2.45) is 5.92 Å². The number of benzene rings is 1. The number of aliphatic carboxylic acids is 1. The van der Waals surface area contributed by atoms with E-state index in [9.17, 15) is 14.7 Å². The van der Waals surface area contributed by atoms with Crippen molar-refractivity contribution in [3.05, 3.63) is 35.9 Å². The van der Waals surface area contributed by atoms with Crippen molar-refractivity contribution in [3.63, 3.8) is 0 Å². The molecule has 2 fully saturated rings. The minimum absolute atomic E-state index is 0.0501. The van der Waals surface area contributed by atoms with Crippen molar-refractivity contribution in [1.29, 1.82) is 0 Å². The van der Waals surface area contributed by atoms with Gasteiger partial charge in [0.1, 0.15) is 0 Å². The predicted molar refractivity (Wildman–Crippen MR) is 91.8 cm³/mol. The van der Waals surface area contributed by atoms with Crippen LogP contribution in [-0.2, 0) is 9.59 Å². The second-order valence-electron chi connectivity index (χ2n) is 7.11. The highest BCUT2D eigenvalue weighted by atomic mass is 16.4. The number of carbonyl (C=O) groups is 2. The van der Waals surface area contributed by atoms with Crippen LogP contribution in [0.15, 0.2) is 30.3 Å². The number of amides is 1. The first kappa shape index (κ1) is 17.0. The number of carboxylic acid groups (broad SMARTS) is 1. The van der Waals surface area contributed by atoms with E-state index in [1.54, 1.807) is 4.90 Å². The Labute approximate surface area is 143 Å². The van der Waals surface area contributed by atoms with E-state index in [1.165, 1.54) is 12.8 Å². The summed E-state index contributed by atoms with van der Waals surface area (Å²) >= 11 is 0. The molecule has 5 heteroatoms. The highest BCUT2D eigenvalue weighted by Crippen LogP contribution is 2.33. The molecule has 1 aliphatic carbocycles. The molecule has 5 nitrogen and oxygen atoms in total. The zero-order valence-electron chi connectivity index (χ0n) is 14.2. The molecule has 0 unspecified atom stereocenters. The third kappa shape index (κ3) is 3.61. The molecular formula is C19H26N2O3. The van der Waals surface area contributed by atoms with Crippen LogP contribution in [0.25, 0.3) is 0 Å². The highest BCUT2D eigenvalue weighted by Gasteiger charge is 2.40. The lowest BCUT2D eigenvalue weighted by molar-refractivity contribution is -0.141. The average molecular weight is 330 g/mol. The Bertz CT molecular complexity index is 584. The van der Waals surface area contributed by atoms with E-state index in [-0.39, 0.29) is 11.8 Å². The van der Waals surface area contributed by atoms with Crippen molar-refractivity contribution in [3.8, 4) is 0 Å². The molecule has 130 valence electrons. The van der Waals surface area contributed by atoms with Crippen molar-refractivity contribution < 1.29 is 14.7 Å². The normalized spacial score (nSPS) is 24.7. The maximum Gasteiger partial charge on any atom is 0.308 e. The minimum atomic E-state index is -0.816. The lowest BCUT2D eigenvalue weighted by atomic mass is 9.89. The lowest BCUT2D eigenvalue weighted by Gasteiger charge is -2.26. The number of likely N-dealkylation sites (tertiary alicyclic amines) is 1. The molecule has 3 rings (SSSR count). The molecule has 1 saturated carbocycles. The number of carbonyl (C=O) groups excluding carboxylic acids is 1. The fraction of sp³-hybridized carbons (Fsp3) is 0.579. The summed E-state index contributed by atoms with van der Waals surface area (Å²) in [5, 5.41) is 9.55. The Morgan fingerprint density at radius 2 is 1.83 bits per heavy atom. The van der Waals surface area contributed by atoms with Gasteiger partial charge in [-0.2, -0.15) is 0 Å². The first-order chi connectivity index (χ1) is 11.6. The van der Waals surface area contributed by atoms with Gasteiger partial charge in [-0.15, -0.1) is 0 Å². The SMILES string of the molecule is CN(CC(=O)N1C[C@@H](C(=O)O)[C@H](c2ccccc2)C1)C1CCCC1. The van der Waals surface area contributed by atoms with Crippen LogP contribution in [0.3, 0.4) is 0 Å². The summed E-state index contributed by atoms with van der Waals surface area (Å²) < 4.78 is 0. The van der Waals surface area contributed by atoms with Gasteiger partial charge in [-0.3, -0.25) is 14.5 Å². The van der Waals surface area contributed by atoms with E-state index < -0.39 is 11.9 Å². The van der Waals surface area contributed by atoms with Gasteiger partial charge in [0.15, 0.2) is 0 Å². The van der Waals surface area contributed by atoms with E-state index >= 15 is 0 Å². The number of rotatable bonds is 5. The van der Waals surface area contributed by atoms with Crippen molar-refractivity contribution in [2.75, 3.05) is 26.7 Å². The Balaban J connectivity index is 1.66. The number of hydrogen-bond donors (Lipinski definition) is 1. The molecule has 1 saturated heterocycles. The van der Waals surface area contributed by atoms with Crippen LogP contribution in [0.2, 0.25) is 0 Å². The largest absolute Gasteiger partial charge is 0.481 e. The van der Waals surface area contributed by atoms with Gasteiger partial charge in [0.25, 0.3) is 0 Å². The quantitative estimate of drug-likeness (QED) is 0.899. The Hall–Kier alpha value is -1.88. The zero-order valence-corrected chi connectivity index (χ0v) is 14.2. The smallest absolute Gasteiger partial charge is 0.308 e. The van der Waals surface area contributed by atoms with Crippen LogP contribution in [0, 0.1) is 5.92 Å². The maximum atomic E-state index is 12.6. The third-order valence-electron chi connectivity index (χ3n) is 5.55. The summed E-state index contributed by atoms with van der Waals surface area (Å²) in [5.41, 5.74) is 1.00. The van der Waals surface area contributed by atoms with Gasteiger partial charge in [0, 0.05) is 25.0 Å². The minimum Gasteiger partial charge on any atom is -0.481 e. The fourth-order valence-corrected chi connectivity index (χ4v) is 4.08. The summed E-state index contributed by atoms with van der Waals surface area (Å²) in [5.74, 6) is -1.41. The first-order valence-electron chi connectivity index (χ1n) is 8.82. The van der Waals surface area contributed by atoms with Gasteiger partial charge in [0.05, 0.1) is 12.5 Å². The molecule has 24 heavy (non-hydrogen) atoms. The van der Waals surface area contributed by atoms with Crippen LogP contribution < -0.4 is 0 Å². The molecule has 1 aromatic carbocycles. The third-order valence-corrected chi connectivity index (χ3v) is 5.55. The standard InChI is InChI=1S/C19H26N2O3/c1-20(15-9-5-6-10-15)13-18(22)21-11-16(17(12-21)19(23)24)14-7-3-2-4-8-14/h2-4,7-8,15-17H,5-6,9-13H2,1H3,(H,23,24)/t16-,17+/m0/s1. The summed E-state index contributed by atoms with van der Waals surface area (Å²) in [7, 11) is 2.01. The number of likely N-dealkylation sites (N-methyl/N-ethyl adjacent to an activating group) is 1. The molecule has 1 amide bonds. The van der Waals surface area contributed by atoms with Crippen LogP contribution in [0.4, 0.5) is 0 Å². The van der Waals surface area contributed by atoms with Crippen molar-refractivity contribution in [2.45, 2.75) is 37.6 Å². The van der Waals surface area contributed by atoms with E-state index in [2.05, 4.69) is 4.90 Å². The van der Waals surface area contributed by atoms with Gasteiger partial charge in [-0.25, -0.2) is 0 Å². The van der Waals surface area contributed by atoms with E-state index in [0.717, 1.165) is 18.4 Å². The van der Waals surface area contributed by atoms with Crippen LogP contribution in [-0.4, -0.2) is 59.5 Å². The van der Waals surface area contributed by atoms with Crippen LogP contribution in [0.1, 0.15) is 37.2 Å². The molecular weight excluding hydrogens is 304 g/mol. The lowest BCUT2D eigenvalue weighted by Crippen LogP contribution is -2.41. The van der Waals surface area contributed by atoms with Gasteiger partial charge in [-0.05, 0) is 25.5 Å². The van der Waals surface area contributed by atoms with Gasteiger partial charge in [0.2, 0.25) is 5.91 Å². The van der Waals surface area contributed by atoms with E-state index in [4.69, 9.17) is 0 Å². The summed E-state index contributed by atoms with van der Waals surface area (Å²) in [6.07, 6.45) is 4.80. The predicted octanol–water partition coefficient (Wildman–Crippen LogP) is 2.19. The monoisotopic (exact) mass is 330 g/mol. The van der Waals surface area contributed by atoms with Crippen molar-refractivity contribution >= 4 is 11.9 Å². The molecule has 2 aliphatic rings. The summed E-state index contributed by atoms with van der Waals surface area (Å²) in [4.78, 5) is 28.2. The zero-order chi connectivity index (χ0) is 17.1. The maximum absolute atomic E-state index is 12.6. The molecule has 0 spiro atoms. The van der Waals surface area contributed by atoms with E-state index in [0.29, 0.717) is 25.7 Å². The number of hydrogen-bond acceptors (Lipinski definition) is 3. The molecule has 0 radical (unpaired) electrons. The molecule has 1 N–H and O–H groups in total. The summed E-state index contributed by atoms with van der Waals surface area (Å²) in [6, 6.07) is 10.2. The number of carboxylic acids is 1. The van der Waals surface area contributed by atoms with Crippen LogP contribution in [0.5, 0.6) is 0 Å².